The molecule has 0 atom stereocenters. The molecule has 0 amide bonds. The van der Waals surface area contributed by atoms with Crippen molar-refractivity contribution in [3.63, 3.8) is 0 Å². The van der Waals surface area contributed by atoms with Crippen LogP contribution in [0, 0.1) is 0 Å². The van der Waals surface area contributed by atoms with Crippen molar-refractivity contribution in [3.05, 3.63) is 66.7 Å². The van der Waals surface area contributed by atoms with E-state index in [1.165, 1.54) is 24.4 Å². The van der Waals surface area contributed by atoms with E-state index in [2.05, 4.69) is 10.3 Å². The van der Waals surface area contributed by atoms with Gasteiger partial charge in [-0.05, 0) is 36.4 Å². The zero-order valence-corrected chi connectivity index (χ0v) is 14.4. The Morgan fingerprint density at radius 1 is 1.15 bits per heavy atom. The van der Waals surface area contributed by atoms with Crippen molar-refractivity contribution in [3.8, 4) is 0 Å². The van der Waals surface area contributed by atoms with E-state index in [1.54, 1.807) is 36.4 Å². The minimum Gasteiger partial charge on any atom is -0.433 e. The number of hydrogen-bond acceptors (Lipinski definition) is 7. The molecule has 7 nitrogen and oxygen atoms in total. The largest absolute Gasteiger partial charge is 0.433 e. The van der Waals surface area contributed by atoms with Gasteiger partial charge in [0.1, 0.15) is 5.52 Å². The number of carbonyl (C=O) groups excluding carboxylic acids is 1. The SMILES string of the molecule is O=C(/C=C/Nc1ccc(S(=O)(=O)CCO)cc1)c1nc2ccccc2o1. The topological polar surface area (TPSA) is 110 Å². The molecule has 3 rings (SSSR count). The van der Waals surface area contributed by atoms with Crippen LogP contribution in [0.5, 0.6) is 0 Å². The number of allylic oxidation sites excluding steroid dienone is 1. The van der Waals surface area contributed by atoms with E-state index < -0.39 is 22.2 Å². The number of para-hydroxylation sites is 2. The Labute approximate surface area is 149 Å². The molecule has 26 heavy (non-hydrogen) atoms. The van der Waals surface area contributed by atoms with Gasteiger partial charge >= 0.3 is 0 Å². The molecule has 1 aromatic heterocycles. The van der Waals surface area contributed by atoms with Crippen molar-refractivity contribution >= 4 is 32.4 Å². The first-order valence-electron chi connectivity index (χ1n) is 7.76. The minimum atomic E-state index is -3.48. The zero-order chi connectivity index (χ0) is 18.6. The molecular weight excluding hydrogens is 356 g/mol. The summed E-state index contributed by atoms with van der Waals surface area (Å²) in [7, 11) is -3.48. The highest BCUT2D eigenvalue weighted by molar-refractivity contribution is 7.91. The maximum atomic E-state index is 12.1. The van der Waals surface area contributed by atoms with E-state index in [1.807, 2.05) is 0 Å². The highest BCUT2D eigenvalue weighted by Gasteiger charge is 2.13. The van der Waals surface area contributed by atoms with Crippen molar-refractivity contribution in [1.82, 2.24) is 4.98 Å². The molecule has 0 aliphatic carbocycles. The summed E-state index contributed by atoms with van der Waals surface area (Å²) < 4.78 is 29.0. The second kappa shape index (κ2) is 7.51. The van der Waals surface area contributed by atoms with Crippen LogP contribution in [-0.2, 0) is 9.84 Å². The standard InChI is InChI=1S/C18H16N2O5S/c21-11-12-26(23,24)14-7-5-13(6-8-14)19-10-9-16(22)18-20-15-3-1-2-4-17(15)25-18/h1-10,19,21H,11-12H2/b10-9+. The lowest BCUT2D eigenvalue weighted by atomic mass is 10.3. The van der Waals surface area contributed by atoms with Gasteiger partial charge in [0, 0.05) is 18.0 Å². The molecule has 0 bridgehead atoms. The lowest BCUT2D eigenvalue weighted by Gasteiger charge is -2.04. The number of aromatic nitrogens is 1. The number of ketones is 1. The molecule has 0 fully saturated rings. The average Bonchev–Trinajstić information content (AvgIpc) is 3.06. The molecule has 0 aliphatic rings. The molecular formula is C18H16N2O5S. The van der Waals surface area contributed by atoms with Crippen LogP contribution in [0.25, 0.3) is 11.1 Å². The molecule has 0 saturated carbocycles. The van der Waals surface area contributed by atoms with E-state index in [9.17, 15) is 13.2 Å². The molecule has 0 spiro atoms. The third-order valence-corrected chi connectivity index (χ3v) is 5.27. The minimum absolute atomic E-state index is 0.00491. The van der Waals surface area contributed by atoms with Gasteiger partial charge in [0.25, 0.3) is 5.89 Å². The summed E-state index contributed by atoms with van der Waals surface area (Å²) in [6, 6.07) is 13.1. The van der Waals surface area contributed by atoms with Crippen molar-refractivity contribution < 1.29 is 22.7 Å². The van der Waals surface area contributed by atoms with Gasteiger partial charge in [0.15, 0.2) is 15.4 Å². The number of nitrogens with zero attached hydrogens (tertiary/aromatic N) is 1. The molecule has 2 N–H and O–H groups in total. The smallest absolute Gasteiger partial charge is 0.268 e. The Kier molecular flexibility index (Phi) is 5.15. The normalized spacial score (nSPS) is 11.9. The van der Waals surface area contributed by atoms with E-state index in [4.69, 9.17) is 9.52 Å². The number of sulfone groups is 1. The van der Waals surface area contributed by atoms with Gasteiger partial charge in [-0.1, -0.05) is 12.1 Å². The van der Waals surface area contributed by atoms with Crippen molar-refractivity contribution in [1.29, 1.82) is 0 Å². The third-order valence-electron chi connectivity index (χ3n) is 3.56. The van der Waals surface area contributed by atoms with Gasteiger partial charge in [-0.15, -0.1) is 0 Å². The molecule has 0 radical (unpaired) electrons. The van der Waals surface area contributed by atoms with Gasteiger partial charge in [-0.25, -0.2) is 13.4 Å². The van der Waals surface area contributed by atoms with Gasteiger partial charge in [-0.2, -0.15) is 0 Å². The van der Waals surface area contributed by atoms with E-state index in [0.29, 0.717) is 16.8 Å². The second-order valence-electron chi connectivity index (χ2n) is 5.40. The zero-order valence-electron chi connectivity index (χ0n) is 13.6. The number of hydrogen-bond donors (Lipinski definition) is 2. The van der Waals surface area contributed by atoms with Crippen LogP contribution in [0.15, 0.2) is 70.1 Å². The summed E-state index contributed by atoms with van der Waals surface area (Å²) in [5.74, 6) is -0.718. The molecule has 3 aromatic rings. The molecule has 8 heteroatoms. The highest BCUT2D eigenvalue weighted by Crippen LogP contribution is 2.17. The fourth-order valence-corrected chi connectivity index (χ4v) is 3.29. The molecule has 0 aliphatic heterocycles. The Hall–Kier alpha value is -2.97. The lowest BCUT2D eigenvalue weighted by molar-refractivity contribution is 0.101. The molecule has 0 saturated heterocycles. The first kappa shape index (κ1) is 17.8. The molecule has 2 aromatic carbocycles. The summed E-state index contributed by atoms with van der Waals surface area (Å²) in [4.78, 5) is 16.3. The predicted molar refractivity (Wildman–Crippen MR) is 96.7 cm³/mol. The number of aliphatic hydroxyl groups excluding tert-OH is 1. The Morgan fingerprint density at radius 2 is 1.88 bits per heavy atom. The fraction of sp³-hybridized carbons (Fsp3) is 0.111. The average molecular weight is 372 g/mol. The predicted octanol–water partition coefficient (Wildman–Crippen LogP) is 2.40. The number of fused-ring (bicyclic) bond motifs is 1. The summed E-state index contributed by atoms with van der Waals surface area (Å²) >= 11 is 0. The number of nitrogens with one attached hydrogen (secondary N) is 1. The van der Waals surface area contributed by atoms with Gasteiger partial charge in [-0.3, -0.25) is 4.79 Å². The summed E-state index contributed by atoms with van der Waals surface area (Å²) in [5, 5.41) is 11.7. The van der Waals surface area contributed by atoms with Gasteiger partial charge < -0.3 is 14.8 Å². The van der Waals surface area contributed by atoms with E-state index in [0.717, 1.165) is 0 Å². The molecule has 0 unspecified atom stereocenters. The Bertz CT molecular complexity index is 1020. The van der Waals surface area contributed by atoms with Crippen molar-refractivity contribution in [2.75, 3.05) is 17.7 Å². The monoisotopic (exact) mass is 372 g/mol. The van der Waals surface area contributed by atoms with Gasteiger partial charge in [0.05, 0.1) is 17.3 Å². The summed E-state index contributed by atoms with van der Waals surface area (Å²) in [6.45, 7) is -0.428. The third kappa shape index (κ3) is 3.98. The number of carbonyl (C=O) groups is 1. The number of rotatable bonds is 7. The van der Waals surface area contributed by atoms with Crippen LogP contribution in [0.4, 0.5) is 5.69 Å². The van der Waals surface area contributed by atoms with Crippen LogP contribution in [-0.4, -0.2) is 36.7 Å². The number of aliphatic hydroxyl groups is 1. The number of oxazole rings is 1. The lowest BCUT2D eigenvalue weighted by Crippen LogP contribution is -2.09. The van der Waals surface area contributed by atoms with Crippen molar-refractivity contribution in [2.24, 2.45) is 0 Å². The second-order valence-corrected chi connectivity index (χ2v) is 7.50. The van der Waals surface area contributed by atoms with Crippen LogP contribution in [0.3, 0.4) is 0 Å². The number of anilines is 1. The van der Waals surface area contributed by atoms with Gasteiger partial charge in [0.2, 0.25) is 5.78 Å². The summed E-state index contributed by atoms with van der Waals surface area (Å²) in [5.41, 5.74) is 1.75. The van der Waals surface area contributed by atoms with Crippen LogP contribution in [0.1, 0.15) is 10.7 Å². The quantitative estimate of drug-likeness (QED) is 0.484. The Morgan fingerprint density at radius 3 is 2.58 bits per heavy atom. The van der Waals surface area contributed by atoms with E-state index in [-0.39, 0.29) is 16.5 Å². The molecule has 134 valence electrons. The van der Waals surface area contributed by atoms with Crippen LogP contribution < -0.4 is 5.32 Å². The van der Waals surface area contributed by atoms with Crippen molar-refractivity contribution in [2.45, 2.75) is 4.90 Å². The van der Waals surface area contributed by atoms with E-state index >= 15 is 0 Å². The first-order chi connectivity index (χ1) is 12.5. The molecule has 1 heterocycles. The fourth-order valence-electron chi connectivity index (χ4n) is 2.26. The summed E-state index contributed by atoms with van der Waals surface area (Å²) in [6.07, 6.45) is 2.70. The maximum Gasteiger partial charge on any atom is 0.268 e. The van der Waals surface area contributed by atoms with Crippen LogP contribution in [0.2, 0.25) is 0 Å². The maximum absolute atomic E-state index is 12.1. The Balaban J connectivity index is 1.65. The number of benzene rings is 2. The highest BCUT2D eigenvalue weighted by atomic mass is 32.2. The first-order valence-corrected chi connectivity index (χ1v) is 9.41. The van der Waals surface area contributed by atoms with Crippen LogP contribution >= 0.6 is 0 Å².